The fourth-order valence-corrected chi connectivity index (χ4v) is 3.46. The van der Waals surface area contributed by atoms with E-state index in [0.717, 1.165) is 30.2 Å². The molecule has 1 fully saturated rings. The first-order valence-electron chi connectivity index (χ1n) is 6.97. The number of aryl methyl sites for hydroxylation is 1. The van der Waals surface area contributed by atoms with Crippen molar-refractivity contribution in [1.29, 1.82) is 0 Å². The molecule has 1 saturated heterocycles. The van der Waals surface area contributed by atoms with E-state index in [2.05, 4.69) is 22.2 Å². The van der Waals surface area contributed by atoms with Crippen LogP contribution in [0, 0.1) is 13.8 Å². The van der Waals surface area contributed by atoms with Crippen LogP contribution in [0.4, 0.5) is 11.6 Å². The summed E-state index contributed by atoms with van der Waals surface area (Å²) in [5.74, 6) is 2.81. The number of aromatic nitrogens is 2. The van der Waals surface area contributed by atoms with E-state index >= 15 is 0 Å². The van der Waals surface area contributed by atoms with Crippen LogP contribution < -0.4 is 10.2 Å². The molecule has 1 aromatic heterocycles. The molecule has 0 radical (unpaired) electrons. The molecule has 1 aromatic rings. The van der Waals surface area contributed by atoms with Crippen molar-refractivity contribution in [2.45, 2.75) is 27.2 Å². The summed E-state index contributed by atoms with van der Waals surface area (Å²) < 4.78 is 23.0. The highest BCUT2D eigenvalue weighted by molar-refractivity contribution is 7.91. The molecule has 112 valence electrons. The Morgan fingerprint density at radius 2 is 1.85 bits per heavy atom. The number of rotatable bonds is 4. The third kappa shape index (κ3) is 3.39. The zero-order valence-electron chi connectivity index (χ0n) is 12.3. The van der Waals surface area contributed by atoms with E-state index in [-0.39, 0.29) is 11.5 Å². The van der Waals surface area contributed by atoms with Gasteiger partial charge in [0.05, 0.1) is 11.5 Å². The summed E-state index contributed by atoms with van der Waals surface area (Å²) in [5.41, 5.74) is 0.989. The van der Waals surface area contributed by atoms with Crippen molar-refractivity contribution >= 4 is 21.5 Å². The van der Waals surface area contributed by atoms with Gasteiger partial charge in [0, 0.05) is 25.2 Å². The predicted molar refractivity (Wildman–Crippen MR) is 81.2 cm³/mol. The molecule has 1 aliphatic heterocycles. The van der Waals surface area contributed by atoms with Crippen LogP contribution in [0.2, 0.25) is 0 Å². The van der Waals surface area contributed by atoms with E-state index in [9.17, 15) is 8.42 Å². The van der Waals surface area contributed by atoms with Gasteiger partial charge in [-0.15, -0.1) is 0 Å². The largest absolute Gasteiger partial charge is 0.370 e. The van der Waals surface area contributed by atoms with E-state index < -0.39 is 9.84 Å². The van der Waals surface area contributed by atoms with Crippen LogP contribution in [0.25, 0.3) is 0 Å². The highest BCUT2D eigenvalue weighted by Gasteiger charge is 2.24. The smallest absolute Gasteiger partial charge is 0.153 e. The maximum absolute atomic E-state index is 11.5. The summed E-state index contributed by atoms with van der Waals surface area (Å²) in [6, 6.07) is 0. The second kappa shape index (κ2) is 5.95. The summed E-state index contributed by atoms with van der Waals surface area (Å²) in [5, 5.41) is 3.30. The van der Waals surface area contributed by atoms with E-state index in [1.165, 1.54) is 0 Å². The van der Waals surface area contributed by atoms with Crippen molar-refractivity contribution in [3.8, 4) is 0 Å². The van der Waals surface area contributed by atoms with Crippen LogP contribution in [-0.2, 0) is 9.84 Å². The Bertz CT molecular complexity index is 572. The van der Waals surface area contributed by atoms with Crippen molar-refractivity contribution in [3.63, 3.8) is 0 Å². The first-order valence-corrected chi connectivity index (χ1v) is 8.79. The van der Waals surface area contributed by atoms with Gasteiger partial charge in [-0.2, -0.15) is 0 Å². The SMILES string of the molecule is CCCNc1nc(C)nc(N2CCS(=O)(=O)CC2)c1C. The Hall–Kier alpha value is -1.37. The third-order valence-corrected chi connectivity index (χ3v) is 5.03. The molecule has 7 heteroatoms. The van der Waals surface area contributed by atoms with E-state index in [1.54, 1.807) is 0 Å². The fourth-order valence-electron chi connectivity index (χ4n) is 2.26. The van der Waals surface area contributed by atoms with Crippen LogP contribution in [-0.4, -0.2) is 49.5 Å². The molecule has 0 amide bonds. The van der Waals surface area contributed by atoms with Crippen LogP contribution in [0.15, 0.2) is 0 Å². The monoisotopic (exact) mass is 298 g/mol. The normalized spacial score (nSPS) is 18.1. The minimum Gasteiger partial charge on any atom is -0.370 e. The Morgan fingerprint density at radius 1 is 1.20 bits per heavy atom. The quantitative estimate of drug-likeness (QED) is 0.899. The first kappa shape index (κ1) is 15.0. The Labute approximate surface area is 120 Å². The van der Waals surface area contributed by atoms with Crippen molar-refractivity contribution < 1.29 is 8.42 Å². The lowest BCUT2D eigenvalue weighted by atomic mass is 10.2. The molecule has 1 N–H and O–H groups in total. The molecule has 0 saturated carbocycles. The van der Waals surface area contributed by atoms with Crippen molar-refractivity contribution in [3.05, 3.63) is 11.4 Å². The molecular weight excluding hydrogens is 276 g/mol. The van der Waals surface area contributed by atoms with Gasteiger partial charge in [0.2, 0.25) is 0 Å². The minimum atomic E-state index is -2.87. The minimum absolute atomic E-state index is 0.202. The second-order valence-electron chi connectivity index (χ2n) is 5.13. The number of nitrogens with one attached hydrogen (secondary N) is 1. The van der Waals surface area contributed by atoms with Crippen molar-refractivity contribution in [1.82, 2.24) is 9.97 Å². The summed E-state index contributed by atoms with van der Waals surface area (Å²) >= 11 is 0. The lowest BCUT2D eigenvalue weighted by molar-refractivity contribution is 0.586. The van der Waals surface area contributed by atoms with Crippen LogP contribution in [0.3, 0.4) is 0 Å². The van der Waals surface area contributed by atoms with Crippen molar-refractivity contribution in [2.75, 3.05) is 41.4 Å². The molecule has 20 heavy (non-hydrogen) atoms. The average molecular weight is 298 g/mol. The first-order chi connectivity index (χ1) is 9.43. The summed E-state index contributed by atoms with van der Waals surface area (Å²) in [6.45, 7) is 7.83. The zero-order valence-corrected chi connectivity index (χ0v) is 13.1. The highest BCUT2D eigenvalue weighted by Crippen LogP contribution is 2.24. The third-order valence-electron chi connectivity index (χ3n) is 3.42. The van der Waals surface area contributed by atoms with Crippen LogP contribution in [0.1, 0.15) is 24.7 Å². The molecule has 2 rings (SSSR count). The second-order valence-corrected chi connectivity index (χ2v) is 7.44. The number of sulfone groups is 1. The van der Waals surface area contributed by atoms with Gasteiger partial charge in [-0.05, 0) is 20.3 Å². The molecule has 6 nitrogen and oxygen atoms in total. The van der Waals surface area contributed by atoms with Gasteiger partial charge in [0.15, 0.2) is 9.84 Å². The summed E-state index contributed by atoms with van der Waals surface area (Å²) in [4.78, 5) is 11.0. The molecular formula is C13H22N4O2S. The molecule has 0 spiro atoms. The van der Waals surface area contributed by atoms with Gasteiger partial charge in [0.25, 0.3) is 0 Å². The number of hydrogen-bond acceptors (Lipinski definition) is 6. The Kier molecular flexibility index (Phi) is 4.47. The molecule has 0 aromatic carbocycles. The lowest BCUT2D eigenvalue weighted by Gasteiger charge is -2.29. The average Bonchev–Trinajstić information content (AvgIpc) is 2.39. The van der Waals surface area contributed by atoms with Crippen LogP contribution in [0.5, 0.6) is 0 Å². The topological polar surface area (TPSA) is 75.2 Å². The fraction of sp³-hybridized carbons (Fsp3) is 0.692. The van der Waals surface area contributed by atoms with Gasteiger partial charge < -0.3 is 10.2 Å². The predicted octanol–water partition coefficient (Wildman–Crippen LogP) is 1.15. The maximum Gasteiger partial charge on any atom is 0.153 e. The zero-order chi connectivity index (χ0) is 14.8. The molecule has 0 unspecified atom stereocenters. The standard InChI is InChI=1S/C13H22N4O2S/c1-4-5-14-12-10(2)13(16-11(3)15-12)17-6-8-20(18,19)9-7-17/h4-9H2,1-3H3,(H,14,15,16). The van der Waals surface area contributed by atoms with E-state index in [1.807, 2.05) is 18.7 Å². The molecule has 1 aliphatic rings. The molecule has 0 bridgehead atoms. The van der Waals surface area contributed by atoms with Gasteiger partial charge in [-0.3, -0.25) is 0 Å². The molecule has 2 heterocycles. The molecule has 0 aliphatic carbocycles. The van der Waals surface area contributed by atoms with Gasteiger partial charge in [0.1, 0.15) is 17.5 Å². The van der Waals surface area contributed by atoms with Crippen molar-refractivity contribution in [2.24, 2.45) is 0 Å². The van der Waals surface area contributed by atoms with Gasteiger partial charge in [-0.25, -0.2) is 18.4 Å². The van der Waals surface area contributed by atoms with E-state index in [4.69, 9.17) is 0 Å². The van der Waals surface area contributed by atoms with E-state index in [0.29, 0.717) is 18.9 Å². The summed E-state index contributed by atoms with van der Waals surface area (Å²) in [7, 11) is -2.87. The molecule has 0 atom stereocenters. The lowest BCUT2D eigenvalue weighted by Crippen LogP contribution is -2.41. The Balaban J connectivity index is 2.25. The maximum atomic E-state index is 11.5. The number of nitrogens with zero attached hydrogens (tertiary/aromatic N) is 3. The number of hydrogen-bond donors (Lipinski definition) is 1. The number of anilines is 2. The summed E-state index contributed by atoms with van der Waals surface area (Å²) in [6.07, 6.45) is 1.03. The Morgan fingerprint density at radius 3 is 2.45 bits per heavy atom. The van der Waals surface area contributed by atoms with Crippen LogP contribution >= 0.6 is 0 Å². The van der Waals surface area contributed by atoms with Gasteiger partial charge in [-0.1, -0.05) is 6.92 Å². The van der Waals surface area contributed by atoms with Gasteiger partial charge >= 0.3 is 0 Å². The highest BCUT2D eigenvalue weighted by atomic mass is 32.2.